The number of carbonyl (C=O) groups is 1. The molecule has 1 heterocycles. The van der Waals surface area contributed by atoms with Crippen molar-refractivity contribution in [2.24, 2.45) is 0 Å². The molecule has 34 heavy (non-hydrogen) atoms. The van der Waals surface area contributed by atoms with E-state index >= 15 is 0 Å². The lowest BCUT2D eigenvalue weighted by Crippen LogP contribution is -2.27. The topological polar surface area (TPSA) is 91.1 Å². The first-order chi connectivity index (χ1) is 16.5. The monoisotopic (exact) mass is 478 g/mol. The Labute approximate surface area is 200 Å². The van der Waals surface area contributed by atoms with Crippen molar-refractivity contribution in [3.63, 3.8) is 0 Å². The van der Waals surface area contributed by atoms with Crippen LogP contribution in [0.1, 0.15) is 16.5 Å². The number of nitrogens with zero attached hydrogens (tertiary/aromatic N) is 2. The van der Waals surface area contributed by atoms with Crippen LogP contribution in [0.2, 0.25) is 0 Å². The van der Waals surface area contributed by atoms with E-state index in [0.29, 0.717) is 27.8 Å². The number of rotatable bonds is 7. The fourth-order valence-electron chi connectivity index (χ4n) is 3.72. The molecule has 3 aromatic carbocycles. The minimum absolute atomic E-state index is 0.0977. The van der Waals surface area contributed by atoms with Crippen LogP contribution in [0.5, 0.6) is 17.2 Å². The summed E-state index contributed by atoms with van der Waals surface area (Å²) < 4.78 is 16.4. The van der Waals surface area contributed by atoms with Gasteiger partial charge in [0.05, 0.1) is 36.8 Å². The predicted molar refractivity (Wildman–Crippen MR) is 131 cm³/mol. The summed E-state index contributed by atoms with van der Waals surface area (Å²) >= 11 is 1.35. The molecule has 174 valence electrons. The van der Waals surface area contributed by atoms with Crippen LogP contribution >= 0.6 is 11.8 Å². The zero-order valence-corrected chi connectivity index (χ0v) is 19.6. The number of ether oxygens (including phenoxy) is 3. The summed E-state index contributed by atoms with van der Waals surface area (Å²) in [6, 6.07) is 19.1. The van der Waals surface area contributed by atoms with Gasteiger partial charge in [-0.05, 0) is 35.4 Å². The second-order valence-electron chi connectivity index (χ2n) is 7.30. The summed E-state index contributed by atoms with van der Waals surface area (Å²) in [7, 11) is 4.56. The molecule has 0 N–H and O–H groups in total. The van der Waals surface area contributed by atoms with Crippen LogP contribution in [-0.2, 0) is 4.79 Å². The molecule has 0 bridgehead atoms. The minimum atomic E-state index is -0.516. The molecule has 0 saturated carbocycles. The first-order valence-electron chi connectivity index (χ1n) is 10.3. The van der Waals surface area contributed by atoms with Crippen molar-refractivity contribution in [3.05, 3.63) is 92.9 Å². The number of carbonyl (C=O) groups excluding carboxylic acids is 1. The highest BCUT2D eigenvalue weighted by atomic mass is 32.2. The van der Waals surface area contributed by atoms with Crippen molar-refractivity contribution >= 4 is 35.1 Å². The summed E-state index contributed by atoms with van der Waals surface area (Å²) in [6.07, 6.45) is 1.81. The first-order valence-corrected chi connectivity index (χ1v) is 11.2. The number of amides is 1. The van der Waals surface area contributed by atoms with E-state index in [2.05, 4.69) is 0 Å². The van der Waals surface area contributed by atoms with Crippen molar-refractivity contribution in [1.29, 1.82) is 0 Å². The van der Waals surface area contributed by atoms with Gasteiger partial charge in [0.15, 0.2) is 11.5 Å². The predicted octanol–water partition coefficient (Wildman–Crippen LogP) is 5.44. The molecule has 0 aromatic heterocycles. The highest BCUT2D eigenvalue weighted by Gasteiger charge is 2.39. The lowest BCUT2D eigenvalue weighted by atomic mass is 10.1. The van der Waals surface area contributed by atoms with Crippen LogP contribution < -0.4 is 19.1 Å². The largest absolute Gasteiger partial charge is 0.493 e. The Bertz CT molecular complexity index is 1240. The lowest BCUT2D eigenvalue weighted by molar-refractivity contribution is -0.384. The Kier molecular flexibility index (Phi) is 6.74. The van der Waals surface area contributed by atoms with Gasteiger partial charge in [-0.15, -0.1) is 0 Å². The van der Waals surface area contributed by atoms with E-state index in [4.69, 9.17) is 14.2 Å². The maximum Gasteiger partial charge on any atom is 0.271 e. The Morgan fingerprint density at radius 2 is 1.62 bits per heavy atom. The SMILES string of the molecule is COc1cc(C2S/C(=C\c3ccccc3)C(=O)N2c2cccc([N+](=O)[O-])c2)cc(OC)c1OC. The molecule has 0 radical (unpaired) electrons. The number of nitro benzene ring substituents is 1. The number of non-ortho nitro benzene ring substituents is 1. The number of benzene rings is 3. The van der Waals surface area contributed by atoms with Crippen LogP contribution in [-0.4, -0.2) is 32.2 Å². The van der Waals surface area contributed by atoms with E-state index in [1.165, 1.54) is 45.2 Å². The molecule has 1 atom stereocenters. The van der Waals surface area contributed by atoms with Crippen LogP contribution in [0.25, 0.3) is 6.08 Å². The zero-order valence-electron chi connectivity index (χ0n) is 18.8. The third kappa shape index (κ3) is 4.42. The van der Waals surface area contributed by atoms with E-state index in [1.807, 2.05) is 36.4 Å². The zero-order chi connectivity index (χ0) is 24.2. The summed E-state index contributed by atoms with van der Waals surface area (Å²) in [5.74, 6) is 1.08. The van der Waals surface area contributed by atoms with Crippen molar-refractivity contribution in [3.8, 4) is 17.2 Å². The average Bonchev–Trinajstić information content (AvgIpc) is 3.19. The number of nitro groups is 1. The van der Waals surface area contributed by atoms with Gasteiger partial charge in [-0.25, -0.2) is 0 Å². The van der Waals surface area contributed by atoms with Gasteiger partial charge < -0.3 is 14.2 Å². The number of hydrogen-bond donors (Lipinski definition) is 0. The molecule has 1 fully saturated rings. The molecule has 9 heteroatoms. The number of methoxy groups -OCH3 is 3. The Balaban J connectivity index is 1.86. The van der Waals surface area contributed by atoms with Crippen molar-refractivity contribution in [2.45, 2.75) is 5.37 Å². The highest BCUT2D eigenvalue weighted by Crippen LogP contribution is 2.51. The molecule has 0 spiro atoms. The van der Waals surface area contributed by atoms with Crippen molar-refractivity contribution < 1.29 is 23.9 Å². The van der Waals surface area contributed by atoms with E-state index in [9.17, 15) is 14.9 Å². The molecule has 1 aliphatic heterocycles. The fraction of sp³-hybridized carbons (Fsp3) is 0.160. The first kappa shape index (κ1) is 23.2. The average molecular weight is 479 g/mol. The van der Waals surface area contributed by atoms with Crippen LogP contribution in [0.15, 0.2) is 71.6 Å². The number of hydrogen-bond acceptors (Lipinski definition) is 7. The molecule has 3 aromatic rings. The molecule has 8 nitrogen and oxygen atoms in total. The molecule has 4 rings (SSSR count). The van der Waals surface area contributed by atoms with Gasteiger partial charge in [0, 0.05) is 12.1 Å². The quantitative estimate of drug-likeness (QED) is 0.254. The Morgan fingerprint density at radius 3 is 2.21 bits per heavy atom. The molecule has 1 unspecified atom stereocenters. The van der Waals surface area contributed by atoms with E-state index in [-0.39, 0.29) is 11.6 Å². The minimum Gasteiger partial charge on any atom is -0.493 e. The Hall–Kier alpha value is -3.98. The van der Waals surface area contributed by atoms with Crippen LogP contribution in [0.3, 0.4) is 0 Å². The van der Waals surface area contributed by atoms with Crippen molar-refractivity contribution in [2.75, 3.05) is 26.2 Å². The van der Waals surface area contributed by atoms with Crippen LogP contribution in [0, 0.1) is 10.1 Å². The molecule has 0 aliphatic carbocycles. The van der Waals surface area contributed by atoms with Gasteiger partial charge >= 0.3 is 0 Å². The molecule has 1 saturated heterocycles. The smallest absolute Gasteiger partial charge is 0.271 e. The molecular formula is C25H22N2O6S. The maximum absolute atomic E-state index is 13.6. The summed E-state index contributed by atoms with van der Waals surface area (Å²) in [5, 5.41) is 10.9. The van der Waals surface area contributed by atoms with Crippen molar-refractivity contribution in [1.82, 2.24) is 0 Å². The highest BCUT2D eigenvalue weighted by molar-refractivity contribution is 8.05. The summed E-state index contributed by atoms with van der Waals surface area (Å²) in [6.45, 7) is 0. The molecule has 1 aliphatic rings. The van der Waals surface area contributed by atoms with Gasteiger partial charge in [-0.3, -0.25) is 19.8 Å². The maximum atomic E-state index is 13.6. The van der Waals surface area contributed by atoms with E-state index < -0.39 is 10.3 Å². The molecular weight excluding hydrogens is 456 g/mol. The second kappa shape index (κ2) is 9.88. The van der Waals surface area contributed by atoms with Gasteiger partial charge in [0.25, 0.3) is 11.6 Å². The van der Waals surface area contributed by atoms with Gasteiger partial charge in [0.1, 0.15) is 5.37 Å². The summed E-state index contributed by atoms with van der Waals surface area (Å²) in [5.41, 5.74) is 1.92. The lowest BCUT2D eigenvalue weighted by Gasteiger charge is -2.25. The number of anilines is 1. The molecule has 1 amide bonds. The van der Waals surface area contributed by atoms with Gasteiger partial charge in [-0.1, -0.05) is 48.2 Å². The Morgan fingerprint density at radius 1 is 0.941 bits per heavy atom. The van der Waals surface area contributed by atoms with Crippen LogP contribution in [0.4, 0.5) is 11.4 Å². The standard InChI is InChI=1S/C25H22N2O6S/c1-31-20-13-17(14-21(32-2)23(20)33-3)25-26(18-10-7-11-19(15-18)27(29)30)24(28)22(34-25)12-16-8-5-4-6-9-16/h4-15,25H,1-3H3/b22-12-. The fourth-order valence-corrected chi connectivity index (χ4v) is 4.95. The second-order valence-corrected chi connectivity index (χ2v) is 8.42. The van der Waals surface area contributed by atoms with E-state index in [1.54, 1.807) is 29.2 Å². The van der Waals surface area contributed by atoms with E-state index in [0.717, 1.165) is 11.1 Å². The third-order valence-electron chi connectivity index (χ3n) is 5.29. The van der Waals surface area contributed by atoms with Gasteiger partial charge in [0.2, 0.25) is 5.75 Å². The summed E-state index contributed by atoms with van der Waals surface area (Å²) in [4.78, 5) is 26.5. The van der Waals surface area contributed by atoms with Gasteiger partial charge in [-0.2, -0.15) is 0 Å². The normalized spacial score (nSPS) is 16.6. The number of thioether (sulfide) groups is 1. The third-order valence-corrected chi connectivity index (χ3v) is 6.54.